The van der Waals surface area contributed by atoms with Gasteiger partial charge in [0, 0.05) is 21.4 Å². The highest BCUT2D eigenvalue weighted by atomic mass is 127. The number of ether oxygens (including phenoxy) is 1. The maximum Gasteiger partial charge on any atom is 0.418 e. The predicted molar refractivity (Wildman–Crippen MR) is 135 cm³/mol. The number of alkyl halides is 3. The molecule has 0 atom stereocenters. The van der Waals surface area contributed by atoms with Gasteiger partial charge in [-0.05, 0) is 85.1 Å². The molecule has 0 saturated carbocycles. The first-order chi connectivity index (χ1) is 16.7. The van der Waals surface area contributed by atoms with Crippen LogP contribution in [0, 0.1) is 16.4 Å². The molecule has 1 amide bonds. The zero-order chi connectivity index (χ0) is 25.0. The van der Waals surface area contributed by atoms with Crippen LogP contribution in [0.5, 0.6) is 5.75 Å². The Morgan fingerprint density at radius 1 is 1.20 bits per heavy atom. The second-order valence-corrected chi connectivity index (χ2v) is 9.51. The maximum atomic E-state index is 13.8. The number of hydrogen-bond donors (Lipinski definition) is 2. The van der Waals surface area contributed by atoms with Crippen molar-refractivity contribution in [2.45, 2.75) is 25.9 Å². The summed E-state index contributed by atoms with van der Waals surface area (Å²) < 4.78 is 47.9. The quantitative estimate of drug-likeness (QED) is 0.357. The summed E-state index contributed by atoms with van der Waals surface area (Å²) in [5.41, 5.74) is 0.00554. The minimum atomic E-state index is -4.62. The van der Waals surface area contributed by atoms with E-state index in [0.29, 0.717) is 38.7 Å². The van der Waals surface area contributed by atoms with Gasteiger partial charge in [-0.2, -0.15) is 13.2 Å². The van der Waals surface area contributed by atoms with Gasteiger partial charge in [-0.25, -0.2) is 4.98 Å². The SMILES string of the molecule is Cc1cccc(I)c1-c1nc(C(=O)Nc2cnccc2OCC2CCNCC2)ccc1C(F)(F)F. The molecule has 0 aliphatic carbocycles. The van der Waals surface area contributed by atoms with Crippen molar-refractivity contribution in [1.29, 1.82) is 0 Å². The Bertz CT molecular complexity index is 1190. The number of halogens is 4. The van der Waals surface area contributed by atoms with E-state index in [1.807, 2.05) is 22.6 Å². The van der Waals surface area contributed by atoms with Gasteiger partial charge in [0.1, 0.15) is 17.1 Å². The molecule has 1 aliphatic heterocycles. The van der Waals surface area contributed by atoms with Crippen molar-refractivity contribution >= 4 is 34.2 Å². The van der Waals surface area contributed by atoms with Crippen LogP contribution >= 0.6 is 22.6 Å². The Morgan fingerprint density at radius 2 is 1.97 bits per heavy atom. The third-order valence-corrected chi connectivity index (χ3v) is 6.75. The van der Waals surface area contributed by atoms with Crippen LogP contribution in [0.15, 0.2) is 48.8 Å². The minimum absolute atomic E-state index is 0.139. The lowest BCUT2D eigenvalue weighted by atomic mass is 9.99. The van der Waals surface area contributed by atoms with E-state index in [2.05, 4.69) is 20.6 Å². The number of pyridine rings is 2. The third kappa shape index (κ3) is 6.10. The first-order valence-corrected chi connectivity index (χ1v) is 12.2. The molecule has 0 spiro atoms. The van der Waals surface area contributed by atoms with E-state index < -0.39 is 17.6 Å². The largest absolute Gasteiger partial charge is 0.491 e. The summed E-state index contributed by atoms with van der Waals surface area (Å²) in [6.07, 6.45) is 0.389. The molecule has 0 unspecified atom stereocenters. The van der Waals surface area contributed by atoms with E-state index in [9.17, 15) is 18.0 Å². The average molecular weight is 596 g/mol. The van der Waals surface area contributed by atoms with Gasteiger partial charge in [0.05, 0.1) is 24.1 Å². The molecule has 2 N–H and O–H groups in total. The maximum absolute atomic E-state index is 13.8. The number of piperidine rings is 1. The normalized spacial score (nSPS) is 14.5. The molecule has 1 aromatic carbocycles. The van der Waals surface area contributed by atoms with Crippen molar-refractivity contribution in [2.75, 3.05) is 25.0 Å². The molecular weight excluding hydrogens is 572 g/mol. The van der Waals surface area contributed by atoms with Crippen molar-refractivity contribution in [2.24, 2.45) is 5.92 Å². The molecule has 3 aromatic rings. The first-order valence-electron chi connectivity index (χ1n) is 11.2. The van der Waals surface area contributed by atoms with E-state index in [4.69, 9.17) is 4.74 Å². The number of aromatic nitrogens is 2. The van der Waals surface area contributed by atoms with Crippen LogP contribution in [-0.2, 0) is 6.18 Å². The minimum Gasteiger partial charge on any atom is -0.491 e. The monoisotopic (exact) mass is 596 g/mol. The predicted octanol–water partition coefficient (Wildman–Crippen LogP) is 5.71. The van der Waals surface area contributed by atoms with Gasteiger partial charge in [0.25, 0.3) is 5.91 Å². The van der Waals surface area contributed by atoms with E-state index in [0.717, 1.165) is 38.1 Å². The Kier molecular flexibility index (Phi) is 7.90. The molecule has 10 heteroatoms. The number of carbonyl (C=O) groups is 1. The summed E-state index contributed by atoms with van der Waals surface area (Å²) in [5.74, 6) is 0.208. The van der Waals surface area contributed by atoms with Gasteiger partial charge < -0.3 is 15.4 Å². The zero-order valence-corrected chi connectivity index (χ0v) is 21.1. The molecule has 1 aliphatic rings. The molecule has 6 nitrogen and oxygen atoms in total. The van der Waals surface area contributed by atoms with Gasteiger partial charge in [0.2, 0.25) is 0 Å². The Morgan fingerprint density at radius 3 is 2.69 bits per heavy atom. The average Bonchev–Trinajstić information content (AvgIpc) is 2.83. The van der Waals surface area contributed by atoms with Crippen molar-refractivity contribution in [3.05, 3.63) is 69.2 Å². The standard InChI is InChI=1S/C25H24F3IN4O2/c1-15-3-2-4-18(29)22(15)23-17(25(26,27)28)5-6-19(32-23)24(34)33-20-13-31-12-9-21(20)35-14-16-7-10-30-11-8-16/h2-6,9,12-13,16,30H,7-8,10-11,14H2,1H3,(H,33,34). The molecule has 3 heterocycles. The number of amides is 1. The first kappa shape index (κ1) is 25.4. The summed E-state index contributed by atoms with van der Waals surface area (Å²) in [5, 5.41) is 6.00. The van der Waals surface area contributed by atoms with Crippen LogP contribution in [0.25, 0.3) is 11.3 Å². The van der Waals surface area contributed by atoms with Gasteiger partial charge in [-0.15, -0.1) is 0 Å². The highest BCUT2D eigenvalue weighted by Gasteiger charge is 2.36. The highest BCUT2D eigenvalue weighted by Crippen LogP contribution is 2.39. The number of nitrogens with zero attached hydrogens (tertiary/aromatic N) is 2. The topological polar surface area (TPSA) is 76.1 Å². The molecule has 35 heavy (non-hydrogen) atoms. The Balaban J connectivity index is 1.61. The molecular formula is C25H24F3IN4O2. The van der Waals surface area contributed by atoms with E-state index in [1.165, 1.54) is 6.20 Å². The van der Waals surface area contributed by atoms with Crippen LogP contribution in [0.1, 0.15) is 34.5 Å². The van der Waals surface area contributed by atoms with Gasteiger partial charge in [-0.3, -0.25) is 9.78 Å². The van der Waals surface area contributed by atoms with Gasteiger partial charge in [-0.1, -0.05) is 12.1 Å². The van der Waals surface area contributed by atoms with Crippen LogP contribution in [0.3, 0.4) is 0 Å². The number of aryl methyl sites for hydroxylation is 1. The number of hydrogen-bond acceptors (Lipinski definition) is 5. The number of rotatable bonds is 6. The van der Waals surface area contributed by atoms with E-state index in [-0.39, 0.29) is 11.4 Å². The van der Waals surface area contributed by atoms with Crippen molar-refractivity contribution in [3.63, 3.8) is 0 Å². The molecule has 2 aromatic heterocycles. The van der Waals surface area contributed by atoms with E-state index in [1.54, 1.807) is 37.4 Å². The lowest BCUT2D eigenvalue weighted by Gasteiger charge is -2.23. The van der Waals surface area contributed by atoms with Gasteiger partial charge in [0.15, 0.2) is 0 Å². The summed E-state index contributed by atoms with van der Waals surface area (Å²) in [4.78, 5) is 21.3. The Labute approximate surface area is 214 Å². The number of nitrogens with one attached hydrogen (secondary N) is 2. The fourth-order valence-corrected chi connectivity index (χ4v) is 4.87. The fraction of sp³-hybridized carbons (Fsp3) is 0.320. The highest BCUT2D eigenvalue weighted by molar-refractivity contribution is 14.1. The van der Waals surface area contributed by atoms with Crippen LogP contribution < -0.4 is 15.4 Å². The lowest BCUT2D eigenvalue weighted by Crippen LogP contribution is -2.30. The second kappa shape index (κ2) is 10.9. The van der Waals surface area contributed by atoms with Crippen LogP contribution in [0.4, 0.5) is 18.9 Å². The molecule has 184 valence electrons. The lowest BCUT2D eigenvalue weighted by molar-refractivity contribution is -0.137. The fourth-order valence-electron chi connectivity index (χ4n) is 3.98. The zero-order valence-electron chi connectivity index (χ0n) is 19.0. The van der Waals surface area contributed by atoms with Crippen LogP contribution in [-0.4, -0.2) is 35.6 Å². The third-order valence-electron chi connectivity index (χ3n) is 5.85. The molecule has 1 fully saturated rings. The van der Waals surface area contributed by atoms with Gasteiger partial charge >= 0.3 is 6.18 Å². The summed E-state index contributed by atoms with van der Waals surface area (Å²) in [6, 6.07) is 8.82. The summed E-state index contributed by atoms with van der Waals surface area (Å²) in [6.45, 7) is 4.10. The summed E-state index contributed by atoms with van der Waals surface area (Å²) in [7, 11) is 0. The molecule has 0 radical (unpaired) electrons. The number of benzene rings is 1. The molecule has 4 rings (SSSR count). The van der Waals surface area contributed by atoms with Crippen molar-refractivity contribution in [3.8, 4) is 17.0 Å². The second-order valence-electron chi connectivity index (χ2n) is 8.35. The Hall–Kier alpha value is -2.73. The molecule has 1 saturated heterocycles. The number of carbonyl (C=O) groups excluding carboxylic acids is 1. The summed E-state index contributed by atoms with van der Waals surface area (Å²) >= 11 is 1.98. The smallest absolute Gasteiger partial charge is 0.418 e. The number of anilines is 1. The van der Waals surface area contributed by atoms with Crippen molar-refractivity contribution in [1.82, 2.24) is 15.3 Å². The molecule has 0 bridgehead atoms. The van der Waals surface area contributed by atoms with Crippen molar-refractivity contribution < 1.29 is 22.7 Å². The van der Waals surface area contributed by atoms with E-state index >= 15 is 0 Å². The van der Waals surface area contributed by atoms with Crippen LogP contribution in [0.2, 0.25) is 0 Å².